The lowest BCUT2D eigenvalue weighted by Gasteiger charge is -2.17. The number of aryl methyl sites for hydroxylation is 1. The van der Waals surface area contributed by atoms with Crippen LogP contribution >= 0.6 is 0 Å². The highest BCUT2D eigenvalue weighted by molar-refractivity contribution is 5.95. The number of nitrogens with zero attached hydrogens (tertiary/aromatic N) is 1. The summed E-state index contributed by atoms with van der Waals surface area (Å²) >= 11 is 0. The van der Waals surface area contributed by atoms with E-state index in [2.05, 4.69) is 10.3 Å². The molecule has 0 radical (unpaired) electrons. The zero-order chi connectivity index (χ0) is 12.7. The van der Waals surface area contributed by atoms with Crippen LogP contribution in [0, 0.1) is 6.92 Å². The Morgan fingerprint density at radius 1 is 1.65 bits per heavy atom. The minimum atomic E-state index is -0.189. The first-order valence-electron chi connectivity index (χ1n) is 5.51. The standard InChI is InChI=1S/C12H18N2O3/c1-9-11(4-3-6-13-9)12(16)14-10(5-7-15)8-17-2/h3-4,6,10,15H,5,7-8H2,1-2H3,(H,14,16). The van der Waals surface area contributed by atoms with Gasteiger partial charge in [-0.1, -0.05) is 0 Å². The zero-order valence-corrected chi connectivity index (χ0v) is 10.1. The molecule has 1 aromatic heterocycles. The van der Waals surface area contributed by atoms with Crippen LogP contribution < -0.4 is 5.32 Å². The molecule has 94 valence electrons. The van der Waals surface area contributed by atoms with Gasteiger partial charge in [0.15, 0.2) is 0 Å². The van der Waals surface area contributed by atoms with Crippen molar-refractivity contribution < 1.29 is 14.6 Å². The van der Waals surface area contributed by atoms with Crippen LogP contribution in [0.15, 0.2) is 18.3 Å². The third kappa shape index (κ3) is 4.13. The van der Waals surface area contributed by atoms with Gasteiger partial charge in [0.05, 0.1) is 18.2 Å². The fourth-order valence-corrected chi connectivity index (χ4v) is 1.54. The summed E-state index contributed by atoms with van der Waals surface area (Å²) in [7, 11) is 1.56. The van der Waals surface area contributed by atoms with E-state index in [9.17, 15) is 4.79 Å². The number of hydrogen-bond donors (Lipinski definition) is 2. The molecule has 1 rings (SSSR count). The van der Waals surface area contributed by atoms with Gasteiger partial charge < -0.3 is 15.2 Å². The van der Waals surface area contributed by atoms with Gasteiger partial charge in [-0.05, 0) is 25.5 Å². The quantitative estimate of drug-likeness (QED) is 0.758. The normalized spacial score (nSPS) is 12.2. The number of hydrogen-bond acceptors (Lipinski definition) is 4. The van der Waals surface area contributed by atoms with Crippen molar-refractivity contribution in [1.82, 2.24) is 10.3 Å². The predicted octanol–water partition coefficient (Wildman–Crippen LogP) is 0.517. The van der Waals surface area contributed by atoms with Gasteiger partial charge in [0.25, 0.3) is 5.91 Å². The molecule has 0 aliphatic heterocycles. The van der Waals surface area contributed by atoms with E-state index in [4.69, 9.17) is 9.84 Å². The van der Waals surface area contributed by atoms with E-state index in [1.807, 2.05) is 0 Å². The smallest absolute Gasteiger partial charge is 0.253 e. The van der Waals surface area contributed by atoms with Crippen molar-refractivity contribution in [1.29, 1.82) is 0 Å². The lowest BCUT2D eigenvalue weighted by Crippen LogP contribution is -2.39. The molecule has 0 aliphatic carbocycles. The second-order valence-electron chi connectivity index (χ2n) is 3.77. The van der Waals surface area contributed by atoms with Crippen molar-refractivity contribution >= 4 is 5.91 Å². The van der Waals surface area contributed by atoms with Crippen molar-refractivity contribution in [3.8, 4) is 0 Å². The molecular formula is C12H18N2O3. The second kappa shape index (κ2) is 6.98. The summed E-state index contributed by atoms with van der Waals surface area (Å²) in [4.78, 5) is 16.0. The van der Waals surface area contributed by atoms with Crippen LogP contribution in [0.2, 0.25) is 0 Å². The van der Waals surface area contributed by atoms with Gasteiger partial charge in [0.1, 0.15) is 0 Å². The number of nitrogens with one attached hydrogen (secondary N) is 1. The van der Waals surface area contributed by atoms with Gasteiger partial charge in [-0.25, -0.2) is 0 Å². The van der Waals surface area contributed by atoms with Crippen molar-refractivity contribution in [2.75, 3.05) is 20.3 Å². The number of carbonyl (C=O) groups is 1. The van der Waals surface area contributed by atoms with Crippen LogP contribution in [0.25, 0.3) is 0 Å². The minimum absolute atomic E-state index is 0.0142. The topological polar surface area (TPSA) is 71.5 Å². The Morgan fingerprint density at radius 3 is 3.00 bits per heavy atom. The zero-order valence-electron chi connectivity index (χ0n) is 10.1. The molecule has 17 heavy (non-hydrogen) atoms. The predicted molar refractivity (Wildman–Crippen MR) is 63.8 cm³/mol. The number of rotatable bonds is 6. The molecule has 1 unspecified atom stereocenters. The summed E-state index contributed by atoms with van der Waals surface area (Å²) in [5.74, 6) is -0.189. The minimum Gasteiger partial charge on any atom is -0.396 e. The number of methoxy groups -OCH3 is 1. The summed E-state index contributed by atoms with van der Waals surface area (Å²) in [6.07, 6.45) is 2.12. The second-order valence-corrected chi connectivity index (χ2v) is 3.77. The summed E-state index contributed by atoms with van der Waals surface area (Å²) < 4.78 is 4.98. The average Bonchev–Trinajstić information content (AvgIpc) is 2.30. The molecule has 1 atom stereocenters. The van der Waals surface area contributed by atoms with Gasteiger partial charge in [-0.2, -0.15) is 0 Å². The Hall–Kier alpha value is -1.46. The highest BCUT2D eigenvalue weighted by atomic mass is 16.5. The van der Waals surface area contributed by atoms with Crippen LogP contribution in [0.5, 0.6) is 0 Å². The molecule has 0 saturated heterocycles. The monoisotopic (exact) mass is 238 g/mol. The van der Waals surface area contributed by atoms with E-state index >= 15 is 0 Å². The van der Waals surface area contributed by atoms with E-state index in [0.29, 0.717) is 24.3 Å². The molecule has 1 amide bonds. The van der Waals surface area contributed by atoms with Crippen LogP contribution in [0.1, 0.15) is 22.5 Å². The Morgan fingerprint density at radius 2 is 2.41 bits per heavy atom. The van der Waals surface area contributed by atoms with Gasteiger partial charge in [-0.15, -0.1) is 0 Å². The van der Waals surface area contributed by atoms with Gasteiger partial charge in [-0.3, -0.25) is 9.78 Å². The van der Waals surface area contributed by atoms with Crippen LogP contribution in [0.3, 0.4) is 0 Å². The third-order valence-electron chi connectivity index (χ3n) is 2.43. The van der Waals surface area contributed by atoms with Gasteiger partial charge in [0, 0.05) is 25.6 Å². The maximum Gasteiger partial charge on any atom is 0.253 e. The Balaban J connectivity index is 2.67. The Labute approximate surface area is 101 Å². The van der Waals surface area contributed by atoms with E-state index in [1.165, 1.54) is 0 Å². The maximum atomic E-state index is 11.9. The number of aliphatic hydroxyl groups excluding tert-OH is 1. The van der Waals surface area contributed by atoms with Crippen LogP contribution in [0.4, 0.5) is 0 Å². The van der Waals surface area contributed by atoms with E-state index in [0.717, 1.165) is 0 Å². The van der Waals surface area contributed by atoms with E-state index < -0.39 is 0 Å². The van der Waals surface area contributed by atoms with Crippen LogP contribution in [-0.2, 0) is 4.74 Å². The number of aliphatic hydroxyl groups is 1. The molecule has 5 nitrogen and oxygen atoms in total. The first kappa shape index (κ1) is 13.6. The lowest BCUT2D eigenvalue weighted by molar-refractivity contribution is 0.0877. The first-order valence-corrected chi connectivity index (χ1v) is 5.51. The molecule has 0 aliphatic rings. The third-order valence-corrected chi connectivity index (χ3v) is 2.43. The molecule has 1 heterocycles. The molecule has 0 bridgehead atoms. The fourth-order valence-electron chi connectivity index (χ4n) is 1.54. The van der Waals surface area contributed by atoms with E-state index in [-0.39, 0.29) is 18.6 Å². The van der Waals surface area contributed by atoms with Crippen molar-refractivity contribution in [3.05, 3.63) is 29.6 Å². The Kier molecular flexibility index (Phi) is 5.59. The van der Waals surface area contributed by atoms with Gasteiger partial charge >= 0.3 is 0 Å². The molecule has 0 spiro atoms. The summed E-state index contributed by atoms with van der Waals surface area (Å²) in [6.45, 7) is 2.18. The number of carbonyl (C=O) groups excluding carboxylic acids is 1. The molecule has 0 fully saturated rings. The number of pyridine rings is 1. The SMILES string of the molecule is COCC(CCO)NC(=O)c1cccnc1C. The highest BCUT2D eigenvalue weighted by Gasteiger charge is 2.14. The molecule has 5 heteroatoms. The summed E-state index contributed by atoms with van der Waals surface area (Å²) in [5.41, 5.74) is 1.23. The molecule has 0 saturated carbocycles. The fraction of sp³-hybridized carbons (Fsp3) is 0.500. The van der Waals surface area contributed by atoms with Crippen molar-refractivity contribution in [2.24, 2.45) is 0 Å². The largest absolute Gasteiger partial charge is 0.396 e. The molecule has 0 aromatic carbocycles. The van der Waals surface area contributed by atoms with Gasteiger partial charge in [0.2, 0.25) is 0 Å². The molecular weight excluding hydrogens is 220 g/mol. The molecule has 1 aromatic rings. The van der Waals surface area contributed by atoms with Crippen LogP contribution in [-0.4, -0.2) is 42.4 Å². The average molecular weight is 238 g/mol. The number of amides is 1. The maximum absolute atomic E-state index is 11.9. The summed E-state index contributed by atoms with van der Waals surface area (Å²) in [6, 6.07) is 3.26. The highest BCUT2D eigenvalue weighted by Crippen LogP contribution is 2.04. The number of aromatic nitrogens is 1. The van der Waals surface area contributed by atoms with Crippen molar-refractivity contribution in [2.45, 2.75) is 19.4 Å². The number of ether oxygens (including phenoxy) is 1. The lowest BCUT2D eigenvalue weighted by atomic mass is 10.1. The summed E-state index contributed by atoms with van der Waals surface area (Å²) in [5, 5.41) is 11.7. The first-order chi connectivity index (χ1) is 8.19. The van der Waals surface area contributed by atoms with Crippen molar-refractivity contribution in [3.63, 3.8) is 0 Å². The molecule has 2 N–H and O–H groups in total. The van der Waals surface area contributed by atoms with E-state index in [1.54, 1.807) is 32.4 Å². The Bertz CT molecular complexity index is 363.